The molecule has 0 atom stereocenters. The molecule has 6 heteroatoms. The molecule has 0 saturated heterocycles. The number of nitrogens with two attached hydrogens (primary N) is 1. The lowest BCUT2D eigenvalue weighted by Gasteiger charge is -2.01. The molecular weight excluding hydrogens is 182 g/mol. The van der Waals surface area contributed by atoms with Crippen LogP contribution in [0.1, 0.15) is 0 Å². The standard InChI is InChI=1S/C8H9N5O/c1-14-8-5-10-4-7(11-8)13-3-2-6(9)12-13/h2-5H,1H3,(H2,9,12). The van der Waals surface area contributed by atoms with Crippen molar-refractivity contribution in [3.63, 3.8) is 0 Å². The maximum atomic E-state index is 5.48. The Bertz CT molecular complexity index is 439. The van der Waals surface area contributed by atoms with E-state index in [-0.39, 0.29) is 0 Å². The van der Waals surface area contributed by atoms with E-state index in [9.17, 15) is 0 Å². The van der Waals surface area contributed by atoms with Crippen LogP contribution in [0.15, 0.2) is 24.7 Å². The molecule has 2 aromatic heterocycles. The van der Waals surface area contributed by atoms with Crippen LogP contribution in [0.3, 0.4) is 0 Å². The summed E-state index contributed by atoms with van der Waals surface area (Å²) in [6.45, 7) is 0. The minimum atomic E-state index is 0.439. The van der Waals surface area contributed by atoms with Crippen molar-refractivity contribution >= 4 is 5.82 Å². The summed E-state index contributed by atoms with van der Waals surface area (Å²) >= 11 is 0. The van der Waals surface area contributed by atoms with Crippen molar-refractivity contribution in [2.75, 3.05) is 12.8 Å². The van der Waals surface area contributed by atoms with E-state index < -0.39 is 0 Å². The molecule has 0 spiro atoms. The van der Waals surface area contributed by atoms with Crippen LogP contribution < -0.4 is 10.5 Å². The third-order valence-electron chi connectivity index (χ3n) is 1.65. The van der Waals surface area contributed by atoms with Gasteiger partial charge in [0, 0.05) is 12.3 Å². The van der Waals surface area contributed by atoms with Gasteiger partial charge in [-0.25, -0.2) is 4.68 Å². The molecule has 0 aliphatic carbocycles. The molecule has 0 unspecified atom stereocenters. The zero-order valence-corrected chi connectivity index (χ0v) is 7.58. The number of anilines is 1. The van der Waals surface area contributed by atoms with Gasteiger partial charge in [-0.1, -0.05) is 0 Å². The van der Waals surface area contributed by atoms with Crippen LogP contribution in [0, 0.1) is 0 Å². The molecule has 72 valence electrons. The molecule has 0 amide bonds. The Labute approximate surface area is 80.4 Å². The summed E-state index contributed by atoms with van der Waals surface area (Å²) in [5, 5.41) is 3.99. The molecule has 0 aliphatic rings. The molecule has 0 radical (unpaired) electrons. The van der Waals surface area contributed by atoms with Gasteiger partial charge in [0.1, 0.15) is 5.82 Å². The maximum Gasteiger partial charge on any atom is 0.234 e. The fraction of sp³-hybridized carbons (Fsp3) is 0.125. The van der Waals surface area contributed by atoms with Gasteiger partial charge in [0.2, 0.25) is 5.88 Å². The predicted molar refractivity (Wildman–Crippen MR) is 50.1 cm³/mol. The van der Waals surface area contributed by atoms with Crippen LogP contribution in [0.25, 0.3) is 5.82 Å². The largest absolute Gasteiger partial charge is 0.480 e. The number of hydrogen-bond acceptors (Lipinski definition) is 5. The van der Waals surface area contributed by atoms with Gasteiger partial charge in [0.05, 0.1) is 19.5 Å². The Morgan fingerprint density at radius 2 is 2.29 bits per heavy atom. The molecule has 2 N–H and O–H groups in total. The zero-order valence-electron chi connectivity index (χ0n) is 7.58. The lowest BCUT2D eigenvalue weighted by atomic mass is 10.6. The molecule has 0 aliphatic heterocycles. The number of hydrogen-bond donors (Lipinski definition) is 1. The number of nitrogen functional groups attached to an aromatic ring is 1. The second-order valence-electron chi connectivity index (χ2n) is 2.60. The van der Waals surface area contributed by atoms with Crippen molar-refractivity contribution in [3.05, 3.63) is 24.7 Å². The number of nitrogens with zero attached hydrogens (tertiary/aromatic N) is 4. The van der Waals surface area contributed by atoms with Gasteiger partial charge in [-0.2, -0.15) is 4.98 Å². The summed E-state index contributed by atoms with van der Waals surface area (Å²) < 4.78 is 6.47. The number of aromatic nitrogens is 4. The average Bonchev–Trinajstić information content (AvgIpc) is 2.65. The van der Waals surface area contributed by atoms with Crippen molar-refractivity contribution in [1.29, 1.82) is 0 Å². The van der Waals surface area contributed by atoms with E-state index in [1.165, 1.54) is 18.0 Å². The van der Waals surface area contributed by atoms with Crippen molar-refractivity contribution < 1.29 is 4.74 Å². The Hall–Kier alpha value is -2.11. The summed E-state index contributed by atoms with van der Waals surface area (Å²) in [7, 11) is 1.53. The van der Waals surface area contributed by atoms with E-state index in [4.69, 9.17) is 10.5 Å². The number of methoxy groups -OCH3 is 1. The van der Waals surface area contributed by atoms with Crippen molar-refractivity contribution in [2.24, 2.45) is 0 Å². The van der Waals surface area contributed by atoms with E-state index in [2.05, 4.69) is 15.1 Å². The Kier molecular flexibility index (Phi) is 2.02. The molecule has 6 nitrogen and oxygen atoms in total. The van der Waals surface area contributed by atoms with Gasteiger partial charge in [-0.3, -0.25) is 4.98 Å². The lowest BCUT2D eigenvalue weighted by molar-refractivity contribution is 0.394. The fourth-order valence-electron chi connectivity index (χ4n) is 1.01. The third kappa shape index (κ3) is 1.49. The van der Waals surface area contributed by atoms with Crippen LogP contribution in [-0.4, -0.2) is 26.9 Å². The highest BCUT2D eigenvalue weighted by atomic mass is 16.5. The molecule has 2 heterocycles. The summed E-state index contributed by atoms with van der Waals surface area (Å²) in [5.74, 6) is 1.45. The predicted octanol–water partition coefficient (Wildman–Crippen LogP) is 0.253. The van der Waals surface area contributed by atoms with Crippen LogP contribution in [0.5, 0.6) is 5.88 Å². The highest BCUT2D eigenvalue weighted by Gasteiger charge is 2.01. The first kappa shape index (κ1) is 8.49. The molecule has 0 bridgehead atoms. The van der Waals surface area contributed by atoms with E-state index in [0.717, 1.165) is 0 Å². The normalized spacial score (nSPS) is 10.1. The average molecular weight is 191 g/mol. The number of rotatable bonds is 2. The Balaban J connectivity index is 2.41. The topological polar surface area (TPSA) is 78.9 Å². The van der Waals surface area contributed by atoms with Crippen LogP contribution in [-0.2, 0) is 0 Å². The third-order valence-corrected chi connectivity index (χ3v) is 1.65. The van der Waals surface area contributed by atoms with Crippen molar-refractivity contribution in [3.8, 4) is 11.7 Å². The highest BCUT2D eigenvalue weighted by Crippen LogP contribution is 2.08. The second kappa shape index (κ2) is 3.33. The van der Waals surface area contributed by atoms with Gasteiger partial charge in [0.15, 0.2) is 5.82 Å². The summed E-state index contributed by atoms with van der Waals surface area (Å²) in [6.07, 6.45) is 4.81. The quantitative estimate of drug-likeness (QED) is 0.736. The minimum absolute atomic E-state index is 0.439. The first-order chi connectivity index (χ1) is 6.79. The van der Waals surface area contributed by atoms with Crippen LogP contribution in [0.2, 0.25) is 0 Å². The van der Waals surface area contributed by atoms with E-state index in [0.29, 0.717) is 17.5 Å². The van der Waals surface area contributed by atoms with E-state index in [1.807, 2.05) is 0 Å². The molecular formula is C8H9N5O. The summed E-state index contributed by atoms with van der Waals surface area (Å²) in [4.78, 5) is 8.09. The van der Waals surface area contributed by atoms with Crippen molar-refractivity contribution in [2.45, 2.75) is 0 Å². The highest BCUT2D eigenvalue weighted by molar-refractivity contribution is 5.29. The van der Waals surface area contributed by atoms with E-state index >= 15 is 0 Å². The second-order valence-corrected chi connectivity index (χ2v) is 2.60. The maximum absolute atomic E-state index is 5.48. The van der Waals surface area contributed by atoms with Gasteiger partial charge in [0.25, 0.3) is 0 Å². The first-order valence-electron chi connectivity index (χ1n) is 3.97. The monoisotopic (exact) mass is 191 g/mol. The smallest absolute Gasteiger partial charge is 0.234 e. The zero-order chi connectivity index (χ0) is 9.97. The summed E-state index contributed by atoms with van der Waals surface area (Å²) in [6, 6.07) is 1.68. The molecule has 0 aromatic carbocycles. The first-order valence-corrected chi connectivity index (χ1v) is 3.97. The Morgan fingerprint density at radius 1 is 1.43 bits per heavy atom. The van der Waals surface area contributed by atoms with Gasteiger partial charge < -0.3 is 10.5 Å². The van der Waals surface area contributed by atoms with Gasteiger partial charge in [-0.15, -0.1) is 5.10 Å². The molecule has 2 aromatic rings. The minimum Gasteiger partial charge on any atom is -0.480 e. The molecule has 0 saturated carbocycles. The fourth-order valence-corrected chi connectivity index (χ4v) is 1.01. The summed E-state index contributed by atoms with van der Waals surface area (Å²) in [5.41, 5.74) is 5.48. The van der Waals surface area contributed by atoms with Gasteiger partial charge >= 0.3 is 0 Å². The SMILES string of the molecule is COc1cncc(-n2ccc(N)n2)n1. The van der Waals surface area contributed by atoms with Crippen LogP contribution >= 0.6 is 0 Å². The molecule has 2 rings (SSSR count). The van der Waals surface area contributed by atoms with Crippen LogP contribution in [0.4, 0.5) is 5.82 Å². The Morgan fingerprint density at radius 3 is 2.93 bits per heavy atom. The number of ether oxygens (including phenoxy) is 1. The molecule has 14 heavy (non-hydrogen) atoms. The lowest BCUT2D eigenvalue weighted by Crippen LogP contribution is -2.01. The van der Waals surface area contributed by atoms with Gasteiger partial charge in [-0.05, 0) is 0 Å². The van der Waals surface area contributed by atoms with E-state index in [1.54, 1.807) is 18.5 Å². The van der Waals surface area contributed by atoms with Crippen molar-refractivity contribution in [1.82, 2.24) is 19.7 Å². The molecule has 0 fully saturated rings.